The maximum atomic E-state index is 5.66. The molecule has 0 aliphatic heterocycles. The van der Waals surface area contributed by atoms with Crippen molar-refractivity contribution in [2.45, 2.75) is 19.8 Å². The molecule has 13 heavy (non-hydrogen) atoms. The molecule has 1 rings (SSSR count). The predicted molar refractivity (Wildman–Crippen MR) is 49.7 cm³/mol. The molecule has 4 nitrogen and oxygen atoms in total. The van der Waals surface area contributed by atoms with Gasteiger partial charge in [-0.25, -0.2) is 0 Å². The number of methoxy groups -OCH3 is 1. The monoisotopic (exact) mass is 184 g/mol. The molecule has 0 radical (unpaired) electrons. The van der Waals surface area contributed by atoms with Gasteiger partial charge in [0.1, 0.15) is 0 Å². The fourth-order valence-corrected chi connectivity index (χ4v) is 1.40. The average molecular weight is 184 g/mol. The van der Waals surface area contributed by atoms with Crippen LogP contribution in [0.4, 0.5) is 0 Å². The molecule has 0 bridgehead atoms. The van der Waals surface area contributed by atoms with Crippen molar-refractivity contribution in [3.05, 3.63) is 11.8 Å². The molecule has 4 heteroatoms. The molecule has 0 saturated heterocycles. The van der Waals surface area contributed by atoms with E-state index in [1.54, 1.807) is 13.3 Å². The molecule has 1 heterocycles. The van der Waals surface area contributed by atoms with Crippen LogP contribution in [0.1, 0.15) is 25.3 Å². The zero-order valence-corrected chi connectivity index (χ0v) is 8.28. The van der Waals surface area contributed by atoms with Crippen molar-refractivity contribution in [3.63, 3.8) is 0 Å². The van der Waals surface area contributed by atoms with Crippen LogP contribution in [0, 0.1) is 5.92 Å². The number of aromatic nitrogens is 1. The molecule has 1 atom stereocenters. The first kappa shape index (κ1) is 10.1. The first-order chi connectivity index (χ1) is 6.20. The van der Waals surface area contributed by atoms with E-state index in [0.717, 1.165) is 5.56 Å². The normalized spacial score (nSPS) is 13.3. The third kappa shape index (κ3) is 2.01. The number of ether oxygens (including phenoxy) is 1. The predicted octanol–water partition coefficient (Wildman–Crippen LogP) is 1.38. The molecular formula is C9H16N2O2. The van der Waals surface area contributed by atoms with Crippen LogP contribution >= 0.6 is 0 Å². The summed E-state index contributed by atoms with van der Waals surface area (Å²) in [6.45, 7) is 4.81. The zero-order valence-electron chi connectivity index (χ0n) is 8.28. The van der Waals surface area contributed by atoms with Crippen molar-refractivity contribution in [3.8, 4) is 5.95 Å². The fourth-order valence-electron chi connectivity index (χ4n) is 1.40. The van der Waals surface area contributed by atoms with E-state index >= 15 is 0 Å². The first-order valence-electron chi connectivity index (χ1n) is 4.39. The summed E-state index contributed by atoms with van der Waals surface area (Å²) in [5.74, 6) is 1.18. The van der Waals surface area contributed by atoms with Crippen LogP contribution in [0.2, 0.25) is 0 Å². The number of hydrogen-bond acceptors (Lipinski definition) is 4. The lowest BCUT2D eigenvalue weighted by atomic mass is 9.90. The Balaban J connectivity index is 2.90. The van der Waals surface area contributed by atoms with Gasteiger partial charge in [0.05, 0.1) is 18.9 Å². The third-order valence-electron chi connectivity index (χ3n) is 2.21. The standard InChI is InChI=1S/C9H16N2O2/c1-6(2)7(4-10)8-5-11-13-9(8)12-3/h5-7H,4,10H2,1-3H3. The summed E-state index contributed by atoms with van der Waals surface area (Å²) in [7, 11) is 1.57. The second-order valence-electron chi connectivity index (χ2n) is 3.36. The zero-order chi connectivity index (χ0) is 9.84. The topological polar surface area (TPSA) is 61.3 Å². The summed E-state index contributed by atoms with van der Waals surface area (Å²) in [5, 5.41) is 3.69. The van der Waals surface area contributed by atoms with E-state index in [1.807, 2.05) is 0 Å². The van der Waals surface area contributed by atoms with Crippen LogP contribution < -0.4 is 10.5 Å². The molecule has 0 aliphatic rings. The Labute approximate surface area is 78.0 Å². The summed E-state index contributed by atoms with van der Waals surface area (Å²) in [5.41, 5.74) is 6.62. The van der Waals surface area contributed by atoms with Crippen LogP contribution in [-0.4, -0.2) is 18.8 Å². The second kappa shape index (κ2) is 4.28. The van der Waals surface area contributed by atoms with Crippen LogP contribution in [0.5, 0.6) is 5.95 Å². The van der Waals surface area contributed by atoms with Crippen molar-refractivity contribution >= 4 is 0 Å². The molecule has 1 aromatic heterocycles. The van der Waals surface area contributed by atoms with E-state index in [2.05, 4.69) is 19.0 Å². The second-order valence-corrected chi connectivity index (χ2v) is 3.36. The van der Waals surface area contributed by atoms with Crippen molar-refractivity contribution in [2.24, 2.45) is 11.7 Å². The minimum Gasteiger partial charge on any atom is -0.467 e. The Morgan fingerprint density at radius 1 is 1.62 bits per heavy atom. The van der Waals surface area contributed by atoms with E-state index < -0.39 is 0 Å². The van der Waals surface area contributed by atoms with Gasteiger partial charge >= 0.3 is 5.95 Å². The Hall–Kier alpha value is -1.03. The van der Waals surface area contributed by atoms with Gasteiger partial charge in [-0.3, -0.25) is 0 Å². The van der Waals surface area contributed by atoms with Crippen molar-refractivity contribution in [1.29, 1.82) is 0 Å². The Morgan fingerprint density at radius 2 is 2.31 bits per heavy atom. The number of hydrogen-bond donors (Lipinski definition) is 1. The van der Waals surface area contributed by atoms with Gasteiger partial charge in [0.15, 0.2) is 0 Å². The highest BCUT2D eigenvalue weighted by Gasteiger charge is 2.21. The molecule has 74 valence electrons. The van der Waals surface area contributed by atoms with Gasteiger partial charge < -0.3 is 15.0 Å². The maximum absolute atomic E-state index is 5.66. The summed E-state index contributed by atoms with van der Waals surface area (Å²) < 4.78 is 9.95. The smallest absolute Gasteiger partial charge is 0.314 e. The Morgan fingerprint density at radius 3 is 2.77 bits per heavy atom. The molecular weight excluding hydrogens is 168 g/mol. The Bertz CT molecular complexity index is 258. The minimum atomic E-state index is 0.251. The highest BCUT2D eigenvalue weighted by Crippen LogP contribution is 2.30. The van der Waals surface area contributed by atoms with Gasteiger partial charge in [-0.2, -0.15) is 0 Å². The summed E-state index contributed by atoms with van der Waals surface area (Å²) in [6.07, 6.45) is 1.68. The lowest BCUT2D eigenvalue weighted by molar-refractivity contribution is 0.255. The van der Waals surface area contributed by atoms with Gasteiger partial charge in [-0.15, -0.1) is 0 Å². The SMILES string of the molecule is COc1oncc1C(CN)C(C)C. The number of nitrogens with two attached hydrogens (primary N) is 1. The molecule has 0 saturated carbocycles. The maximum Gasteiger partial charge on any atom is 0.314 e. The average Bonchev–Trinajstić information content (AvgIpc) is 2.53. The van der Waals surface area contributed by atoms with Crippen LogP contribution in [0.15, 0.2) is 10.7 Å². The molecule has 0 fully saturated rings. The molecule has 0 amide bonds. The Kier molecular flexibility index (Phi) is 3.31. The molecule has 2 N–H and O–H groups in total. The van der Waals surface area contributed by atoms with E-state index in [1.165, 1.54) is 0 Å². The van der Waals surface area contributed by atoms with Gasteiger partial charge in [0, 0.05) is 5.92 Å². The van der Waals surface area contributed by atoms with E-state index in [4.69, 9.17) is 15.0 Å². The van der Waals surface area contributed by atoms with Gasteiger partial charge in [-0.05, 0) is 12.5 Å². The first-order valence-corrected chi connectivity index (χ1v) is 4.39. The minimum absolute atomic E-state index is 0.251. The van der Waals surface area contributed by atoms with Crippen LogP contribution in [0.3, 0.4) is 0 Å². The van der Waals surface area contributed by atoms with E-state index in [9.17, 15) is 0 Å². The summed E-state index contributed by atoms with van der Waals surface area (Å²) >= 11 is 0. The lowest BCUT2D eigenvalue weighted by Crippen LogP contribution is -2.17. The highest BCUT2D eigenvalue weighted by atomic mass is 16.6. The quantitative estimate of drug-likeness (QED) is 0.768. The third-order valence-corrected chi connectivity index (χ3v) is 2.21. The number of rotatable bonds is 4. The van der Waals surface area contributed by atoms with Crippen LogP contribution in [0.25, 0.3) is 0 Å². The van der Waals surface area contributed by atoms with Gasteiger partial charge in [0.25, 0.3) is 0 Å². The fraction of sp³-hybridized carbons (Fsp3) is 0.667. The molecule has 1 aromatic rings. The summed E-state index contributed by atoms with van der Waals surface area (Å²) in [6, 6.07) is 0. The number of nitrogens with zero attached hydrogens (tertiary/aromatic N) is 1. The van der Waals surface area contributed by atoms with Gasteiger partial charge in [-0.1, -0.05) is 19.0 Å². The molecule has 0 spiro atoms. The highest BCUT2D eigenvalue weighted by molar-refractivity contribution is 5.25. The van der Waals surface area contributed by atoms with Crippen molar-refractivity contribution in [2.75, 3.05) is 13.7 Å². The van der Waals surface area contributed by atoms with Gasteiger partial charge in [0.2, 0.25) is 0 Å². The van der Waals surface area contributed by atoms with E-state index in [0.29, 0.717) is 18.4 Å². The molecule has 0 aromatic carbocycles. The van der Waals surface area contributed by atoms with Crippen LogP contribution in [-0.2, 0) is 0 Å². The molecule has 0 aliphatic carbocycles. The van der Waals surface area contributed by atoms with Crippen molar-refractivity contribution in [1.82, 2.24) is 5.16 Å². The summed E-state index contributed by atoms with van der Waals surface area (Å²) in [4.78, 5) is 0. The largest absolute Gasteiger partial charge is 0.467 e. The lowest BCUT2D eigenvalue weighted by Gasteiger charge is -2.16. The molecule has 1 unspecified atom stereocenters. The van der Waals surface area contributed by atoms with E-state index in [-0.39, 0.29) is 5.92 Å². The van der Waals surface area contributed by atoms with Crippen molar-refractivity contribution < 1.29 is 9.26 Å².